The molecule has 2 N–H and O–H groups in total. The predicted octanol–water partition coefficient (Wildman–Crippen LogP) is 6.02. The number of halogens is 1. The molecular formula is C35H42BrN10O3P. The first-order valence-corrected chi connectivity index (χ1v) is 20.0. The molecule has 2 aliphatic heterocycles. The van der Waals surface area contributed by atoms with Crippen LogP contribution in [0, 0.1) is 0 Å². The van der Waals surface area contributed by atoms with Gasteiger partial charge in [-0.2, -0.15) is 10.1 Å². The molecule has 15 heteroatoms. The summed E-state index contributed by atoms with van der Waals surface area (Å²) in [5.41, 5.74) is 5.57. The van der Waals surface area contributed by atoms with Crippen molar-refractivity contribution in [3.8, 4) is 16.9 Å². The molecular weight excluding hydrogens is 719 g/mol. The van der Waals surface area contributed by atoms with E-state index < -0.39 is 7.14 Å². The zero-order valence-corrected chi connectivity index (χ0v) is 31.6. The van der Waals surface area contributed by atoms with E-state index >= 15 is 0 Å². The van der Waals surface area contributed by atoms with Crippen LogP contribution in [0.3, 0.4) is 0 Å². The van der Waals surface area contributed by atoms with Crippen LogP contribution in [-0.2, 0) is 16.3 Å². The topological polar surface area (TPSA) is 135 Å². The van der Waals surface area contributed by atoms with Crippen LogP contribution in [0.25, 0.3) is 22.2 Å². The van der Waals surface area contributed by atoms with Crippen molar-refractivity contribution in [1.29, 1.82) is 0 Å². The molecule has 0 amide bonds. The molecule has 2 saturated heterocycles. The summed E-state index contributed by atoms with van der Waals surface area (Å²) in [5.74, 6) is 1.50. The monoisotopic (exact) mass is 760 g/mol. The minimum atomic E-state index is -2.77. The van der Waals surface area contributed by atoms with Gasteiger partial charge >= 0.3 is 0 Å². The van der Waals surface area contributed by atoms with Crippen molar-refractivity contribution in [3.05, 3.63) is 59.7 Å². The minimum Gasteiger partial charge on any atom is -0.494 e. The maximum Gasteiger partial charge on any atom is 0.229 e. The Morgan fingerprint density at radius 3 is 2.52 bits per heavy atom. The standard InChI is InChI=1S/C35H42BrN10O3P/c1-22-19-44(2)21-35(49-22)9-13-46(14-10-35)29-16-30(48-4)28(15-24(29)23-17-40-45(3)20-23)42-34-39-18-25(36)33(43-34)41-27-8-7-26-31(38-12-11-37-26)32(27)50(5,6)47/h7-8,11-12,15-18,20,22H,9-10,13-14,19,21H2,1-6H3,(H2,39,41,42,43). The Labute approximate surface area is 300 Å². The van der Waals surface area contributed by atoms with Crippen molar-refractivity contribution in [1.82, 2.24) is 34.6 Å². The van der Waals surface area contributed by atoms with Crippen LogP contribution in [0.2, 0.25) is 0 Å². The number of aryl methyl sites for hydroxylation is 1. The molecule has 3 aromatic heterocycles. The zero-order valence-electron chi connectivity index (χ0n) is 29.1. The molecule has 0 saturated carbocycles. The van der Waals surface area contributed by atoms with Crippen LogP contribution in [0.4, 0.5) is 28.8 Å². The normalized spacial score (nSPS) is 18.1. The number of nitrogens with one attached hydrogen (secondary N) is 2. The van der Waals surface area contributed by atoms with Crippen LogP contribution in [0.5, 0.6) is 5.75 Å². The first-order valence-electron chi connectivity index (χ1n) is 16.6. The van der Waals surface area contributed by atoms with Gasteiger partial charge in [0.1, 0.15) is 24.2 Å². The molecule has 1 spiro atoms. The summed E-state index contributed by atoms with van der Waals surface area (Å²) in [7, 11) is 3.00. The largest absolute Gasteiger partial charge is 0.494 e. The third-order valence-corrected chi connectivity index (χ3v) is 11.4. The van der Waals surface area contributed by atoms with Crippen molar-refractivity contribution in [2.75, 3.05) is 69.2 Å². The summed E-state index contributed by atoms with van der Waals surface area (Å²) in [6, 6.07) is 7.87. The molecule has 2 aromatic carbocycles. The van der Waals surface area contributed by atoms with Crippen LogP contribution in [0.15, 0.2) is 59.7 Å². The lowest BCUT2D eigenvalue weighted by Gasteiger charge is -2.49. The summed E-state index contributed by atoms with van der Waals surface area (Å²) in [6.45, 7) is 9.25. The molecule has 262 valence electrons. The van der Waals surface area contributed by atoms with E-state index in [2.05, 4.69) is 82.5 Å². The Bertz CT molecular complexity index is 2080. The van der Waals surface area contributed by atoms with Crippen molar-refractivity contribution >= 4 is 68.2 Å². The molecule has 5 aromatic rings. The molecule has 7 rings (SSSR count). The van der Waals surface area contributed by atoms with E-state index in [-0.39, 0.29) is 11.7 Å². The molecule has 0 bridgehead atoms. The van der Waals surface area contributed by atoms with Gasteiger partial charge in [-0.15, -0.1) is 0 Å². The lowest BCUT2D eigenvalue weighted by atomic mass is 9.88. The van der Waals surface area contributed by atoms with E-state index in [4.69, 9.17) is 14.5 Å². The second-order valence-electron chi connectivity index (χ2n) is 13.6. The van der Waals surface area contributed by atoms with Crippen LogP contribution in [0.1, 0.15) is 19.8 Å². The van der Waals surface area contributed by atoms with Crippen LogP contribution in [-0.4, -0.2) is 100.0 Å². The third kappa shape index (κ3) is 6.94. The average molecular weight is 762 g/mol. The number of methoxy groups -OCH3 is 1. The highest BCUT2D eigenvalue weighted by Crippen LogP contribution is 2.44. The first kappa shape index (κ1) is 34.4. The zero-order chi connectivity index (χ0) is 35.2. The predicted molar refractivity (Wildman–Crippen MR) is 202 cm³/mol. The SMILES string of the molecule is COc1cc(N2CCC3(CC2)CN(C)CC(C)O3)c(-c2cnn(C)c2)cc1Nc1ncc(Br)c(Nc2ccc3nccnc3c2P(C)(C)=O)n1. The van der Waals surface area contributed by atoms with E-state index in [1.54, 1.807) is 39.0 Å². The van der Waals surface area contributed by atoms with Gasteiger partial charge < -0.3 is 34.5 Å². The number of morpholine rings is 1. The van der Waals surface area contributed by atoms with Gasteiger partial charge in [0, 0.05) is 80.9 Å². The molecule has 5 heterocycles. The van der Waals surface area contributed by atoms with E-state index in [1.807, 2.05) is 36.3 Å². The van der Waals surface area contributed by atoms with E-state index in [0.29, 0.717) is 49.7 Å². The number of likely N-dealkylation sites (N-methyl/N-ethyl adjacent to an activating group) is 1. The highest BCUT2D eigenvalue weighted by molar-refractivity contribution is 9.10. The Hall–Kier alpha value is -4.10. The van der Waals surface area contributed by atoms with E-state index in [0.717, 1.165) is 55.8 Å². The van der Waals surface area contributed by atoms with Gasteiger partial charge in [-0.3, -0.25) is 14.6 Å². The second kappa shape index (κ2) is 13.6. The van der Waals surface area contributed by atoms with E-state index in [9.17, 15) is 4.57 Å². The number of anilines is 5. The van der Waals surface area contributed by atoms with Gasteiger partial charge in [0.25, 0.3) is 0 Å². The van der Waals surface area contributed by atoms with Gasteiger partial charge in [-0.1, -0.05) is 0 Å². The Morgan fingerprint density at radius 1 is 1.04 bits per heavy atom. The highest BCUT2D eigenvalue weighted by atomic mass is 79.9. The molecule has 0 aliphatic carbocycles. The summed E-state index contributed by atoms with van der Waals surface area (Å²) in [6.07, 6.45) is 10.9. The number of hydrogen-bond donors (Lipinski definition) is 2. The maximum absolute atomic E-state index is 13.5. The van der Waals surface area contributed by atoms with Gasteiger partial charge in [-0.05, 0) is 74.3 Å². The van der Waals surface area contributed by atoms with Crippen LogP contribution < -0.4 is 25.6 Å². The Kier molecular flexibility index (Phi) is 9.31. The number of ether oxygens (including phenoxy) is 2. The lowest BCUT2D eigenvalue weighted by Crippen LogP contribution is -2.58. The smallest absolute Gasteiger partial charge is 0.229 e. The number of rotatable bonds is 8. The first-order chi connectivity index (χ1) is 23.9. The highest BCUT2D eigenvalue weighted by Gasteiger charge is 2.41. The average Bonchev–Trinajstić information content (AvgIpc) is 3.51. The van der Waals surface area contributed by atoms with Crippen molar-refractivity contribution < 1.29 is 14.0 Å². The fraction of sp³-hybridized carbons (Fsp3) is 0.400. The van der Waals surface area contributed by atoms with Gasteiger partial charge in [0.05, 0.1) is 51.7 Å². The third-order valence-electron chi connectivity index (χ3n) is 9.32. The van der Waals surface area contributed by atoms with Crippen molar-refractivity contribution in [3.63, 3.8) is 0 Å². The fourth-order valence-electron chi connectivity index (χ4n) is 7.25. The summed E-state index contributed by atoms with van der Waals surface area (Å²) >= 11 is 3.59. The lowest BCUT2D eigenvalue weighted by molar-refractivity contribution is -0.153. The number of benzene rings is 2. The molecule has 13 nitrogen and oxygen atoms in total. The van der Waals surface area contributed by atoms with E-state index in [1.165, 1.54) is 0 Å². The van der Waals surface area contributed by atoms with Crippen LogP contribution >= 0.6 is 23.1 Å². The molecule has 0 radical (unpaired) electrons. The Morgan fingerprint density at radius 2 is 1.82 bits per heavy atom. The number of aromatic nitrogens is 6. The number of hydrogen-bond acceptors (Lipinski definition) is 12. The van der Waals surface area contributed by atoms with Gasteiger partial charge in [0.15, 0.2) is 0 Å². The molecule has 1 unspecified atom stereocenters. The number of nitrogens with zero attached hydrogens (tertiary/aromatic N) is 8. The summed E-state index contributed by atoms with van der Waals surface area (Å²) < 4.78 is 28.5. The summed E-state index contributed by atoms with van der Waals surface area (Å²) in [5, 5.41) is 11.9. The van der Waals surface area contributed by atoms with Crippen molar-refractivity contribution in [2.24, 2.45) is 7.05 Å². The van der Waals surface area contributed by atoms with Gasteiger partial charge in [-0.25, -0.2) is 4.98 Å². The quantitative estimate of drug-likeness (QED) is 0.179. The molecule has 50 heavy (non-hydrogen) atoms. The minimum absolute atomic E-state index is 0.125. The fourth-order valence-corrected chi connectivity index (χ4v) is 8.93. The van der Waals surface area contributed by atoms with Gasteiger partial charge in [0.2, 0.25) is 5.95 Å². The molecule has 1 atom stereocenters. The number of fused-ring (bicyclic) bond motifs is 1. The summed E-state index contributed by atoms with van der Waals surface area (Å²) in [4.78, 5) is 23.1. The van der Waals surface area contributed by atoms with Crippen molar-refractivity contribution in [2.45, 2.75) is 31.5 Å². The maximum atomic E-state index is 13.5. The molecule has 2 fully saturated rings. The second-order valence-corrected chi connectivity index (χ2v) is 17.6. The molecule has 2 aliphatic rings. The number of piperidine rings is 1. The Balaban J connectivity index is 1.21.